The topological polar surface area (TPSA) is 26.3 Å². The molecule has 0 bridgehead atoms. The van der Waals surface area contributed by atoms with Crippen molar-refractivity contribution in [2.45, 2.75) is 46.1 Å². The molecule has 70 valence electrons. The van der Waals surface area contributed by atoms with Crippen molar-refractivity contribution >= 4 is 5.78 Å². The largest absolute Gasteiger partial charge is 0.378 e. The van der Waals surface area contributed by atoms with Crippen molar-refractivity contribution in [1.29, 1.82) is 0 Å². The molecule has 1 aliphatic carbocycles. The van der Waals surface area contributed by atoms with Crippen LogP contribution < -0.4 is 0 Å². The zero-order chi connectivity index (χ0) is 9.19. The van der Waals surface area contributed by atoms with Crippen LogP contribution in [0.1, 0.15) is 40.0 Å². The van der Waals surface area contributed by atoms with Gasteiger partial charge in [0.2, 0.25) is 0 Å². The first-order valence-electron chi connectivity index (χ1n) is 4.65. The molecule has 1 unspecified atom stereocenters. The lowest BCUT2D eigenvalue weighted by Crippen LogP contribution is -2.22. The first-order chi connectivity index (χ1) is 5.52. The molecule has 0 aromatic carbocycles. The predicted molar refractivity (Wildman–Crippen MR) is 48.1 cm³/mol. The third-order valence-electron chi connectivity index (χ3n) is 2.40. The van der Waals surface area contributed by atoms with Crippen LogP contribution in [0.3, 0.4) is 0 Å². The van der Waals surface area contributed by atoms with Gasteiger partial charge in [0.25, 0.3) is 0 Å². The summed E-state index contributed by atoms with van der Waals surface area (Å²) in [6.45, 7) is 6.93. The number of ether oxygens (including phenoxy) is 1. The minimum Gasteiger partial charge on any atom is -0.378 e. The van der Waals surface area contributed by atoms with E-state index in [0.29, 0.717) is 12.2 Å². The lowest BCUT2D eigenvalue weighted by atomic mass is 9.90. The monoisotopic (exact) mass is 170 g/mol. The zero-order valence-corrected chi connectivity index (χ0v) is 8.22. The SMILES string of the molecule is CC(C)OCC1(C)CCC(=O)C1. The van der Waals surface area contributed by atoms with Crippen LogP contribution >= 0.6 is 0 Å². The average molecular weight is 170 g/mol. The Balaban J connectivity index is 2.35. The summed E-state index contributed by atoms with van der Waals surface area (Å²) in [4.78, 5) is 11.0. The van der Waals surface area contributed by atoms with Crippen LogP contribution in [0.15, 0.2) is 0 Å². The summed E-state index contributed by atoms with van der Waals surface area (Å²) in [7, 11) is 0. The third-order valence-corrected chi connectivity index (χ3v) is 2.40. The number of Topliss-reactive ketones (excluding diaryl/α,β-unsaturated/α-hetero) is 1. The highest BCUT2D eigenvalue weighted by Gasteiger charge is 2.34. The molecule has 1 aliphatic rings. The van der Waals surface area contributed by atoms with Gasteiger partial charge in [0.1, 0.15) is 5.78 Å². The van der Waals surface area contributed by atoms with Crippen molar-refractivity contribution in [3.05, 3.63) is 0 Å². The quantitative estimate of drug-likeness (QED) is 0.649. The van der Waals surface area contributed by atoms with E-state index in [1.807, 2.05) is 13.8 Å². The molecule has 0 aliphatic heterocycles. The Kier molecular flexibility index (Phi) is 2.89. The molecule has 0 radical (unpaired) electrons. The fourth-order valence-corrected chi connectivity index (χ4v) is 1.59. The van der Waals surface area contributed by atoms with Gasteiger partial charge in [0.05, 0.1) is 12.7 Å². The van der Waals surface area contributed by atoms with E-state index in [-0.39, 0.29) is 11.5 Å². The molecular weight excluding hydrogens is 152 g/mol. The first kappa shape index (κ1) is 9.72. The van der Waals surface area contributed by atoms with Crippen molar-refractivity contribution in [3.63, 3.8) is 0 Å². The van der Waals surface area contributed by atoms with Gasteiger partial charge in [0, 0.05) is 12.8 Å². The Bertz CT molecular complexity index is 175. The van der Waals surface area contributed by atoms with Crippen LogP contribution in [0.2, 0.25) is 0 Å². The maximum absolute atomic E-state index is 11.0. The molecular formula is C10H18O2. The minimum atomic E-state index is 0.126. The molecule has 0 saturated heterocycles. The maximum atomic E-state index is 11.0. The van der Waals surface area contributed by atoms with E-state index in [1.165, 1.54) is 0 Å². The predicted octanol–water partition coefficient (Wildman–Crippen LogP) is 2.17. The first-order valence-corrected chi connectivity index (χ1v) is 4.65. The van der Waals surface area contributed by atoms with E-state index in [4.69, 9.17) is 4.74 Å². The molecule has 1 atom stereocenters. The molecule has 12 heavy (non-hydrogen) atoms. The number of hydrogen-bond donors (Lipinski definition) is 0. The lowest BCUT2D eigenvalue weighted by Gasteiger charge is -2.23. The number of carbonyl (C=O) groups is 1. The number of ketones is 1. The smallest absolute Gasteiger partial charge is 0.133 e. The molecule has 0 amide bonds. The average Bonchev–Trinajstić information content (AvgIpc) is 2.29. The summed E-state index contributed by atoms with van der Waals surface area (Å²) in [6.07, 6.45) is 2.73. The summed E-state index contributed by atoms with van der Waals surface area (Å²) in [5.41, 5.74) is 0.126. The second-order valence-corrected chi connectivity index (χ2v) is 4.39. The van der Waals surface area contributed by atoms with Gasteiger partial charge in [-0.25, -0.2) is 0 Å². The van der Waals surface area contributed by atoms with Gasteiger partial charge in [-0.1, -0.05) is 6.92 Å². The molecule has 1 rings (SSSR count). The Morgan fingerprint density at radius 1 is 1.58 bits per heavy atom. The molecule has 0 aromatic heterocycles. The number of rotatable bonds is 3. The molecule has 1 saturated carbocycles. The molecule has 2 heteroatoms. The number of carbonyl (C=O) groups excluding carboxylic acids is 1. The maximum Gasteiger partial charge on any atom is 0.133 e. The van der Waals surface area contributed by atoms with Crippen LogP contribution in [0, 0.1) is 5.41 Å². The zero-order valence-electron chi connectivity index (χ0n) is 8.22. The van der Waals surface area contributed by atoms with E-state index in [1.54, 1.807) is 0 Å². The molecule has 0 heterocycles. The van der Waals surface area contributed by atoms with Crippen LogP contribution in [0.25, 0.3) is 0 Å². The van der Waals surface area contributed by atoms with Crippen molar-refractivity contribution < 1.29 is 9.53 Å². The highest BCUT2D eigenvalue weighted by atomic mass is 16.5. The van der Waals surface area contributed by atoms with Crippen molar-refractivity contribution in [1.82, 2.24) is 0 Å². The fraction of sp³-hybridized carbons (Fsp3) is 0.900. The second-order valence-electron chi connectivity index (χ2n) is 4.39. The minimum absolute atomic E-state index is 0.126. The molecule has 0 aromatic rings. The van der Waals surface area contributed by atoms with Gasteiger partial charge < -0.3 is 4.74 Å². The Morgan fingerprint density at radius 3 is 2.67 bits per heavy atom. The van der Waals surface area contributed by atoms with E-state index in [2.05, 4.69) is 6.92 Å². The van der Waals surface area contributed by atoms with Crippen molar-refractivity contribution in [2.24, 2.45) is 5.41 Å². The lowest BCUT2D eigenvalue weighted by molar-refractivity contribution is -0.118. The van der Waals surface area contributed by atoms with Crippen molar-refractivity contribution in [3.8, 4) is 0 Å². The van der Waals surface area contributed by atoms with Gasteiger partial charge in [0.15, 0.2) is 0 Å². The fourth-order valence-electron chi connectivity index (χ4n) is 1.59. The van der Waals surface area contributed by atoms with Crippen LogP contribution in [0.4, 0.5) is 0 Å². The van der Waals surface area contributed by atoms with Crippen LogP contribution in [0.5, 0.6) is 0 Å². The van der Waals surface area contributed by atoms with E-state index < -0.39 is 0 Å². The van der Waals surface area contributed by atoms with E-state index >= 15 is 0 Å². The Hall–Kier alpha value is -0.370. The van der Waals surface area contributed by atoms with Gasteiger partial charge >= 0.3 is 0 Å². The Morgan fingerprint density at radius 2 is 2.25 bits per heavy atom. The van der Waals surface area contributed by atoms with Gasteiger partial charge in [-0.15, -0.1) is 0 Å². The molecule has 2 nitrogen and oxygen atoms in total. The van der Waals surface area contributed by atoms with E-state index in [0.717, 1.165) is 19.4 Å². The van der Waals surface area contributed by atoms with Crippen molar-refractivity contribution in [2.75, 3.05) is 6.61 Å². The molecule has 0 N–H and O–H groups in total. The summed E-state index contributed by atoms with van der Waals surface area (Å²) >= 11 is 0. The second kappa shape index (κ2) is 3.56. The van der Waals surface area contributed by atoms with Gasteiger partial charge in [-0.3, -0.25) is 4.79 Å². The standard InChI is InChI=1S/C10H18O2/c1-8(2)12-7-10(3)5-4-9(11)6-10/h8H,4-7H2,1-3H3. The summed E-state index contributed by atoms with van der Waals surface area (Å²) in [5.74, 6) is 0.393. The highest BCUT2D eigenvalue weighted by Crippen LogP contribution is 2.35. The summed E-state index contributed by atoms with van der Waals surface area (Å²) in [5, 5.41) is 0. The van der Waals surface area contributed by atoms with Gasteiger partial charge in [-0.2, -0.15) is 0 Å². The third kappa shape index (κ3) is 2.59. The van der Waals surface area contributed by atoms with Crippen LogP contribution in [-0.2, 0) is 9.53 Å². The normalized spacial score (nSPS) is 30.2. The molecule has 1 fully saturated rings. The summed E-state index contributed by atoms with van der Waals surface area (Å²) < 4.78 is 5.52. The highest BCUT2D eigenvalue weighted by molar-refractivity contribution is 5.81. The van der Waals surface area contributed by atoms with Crippen LogP contribution in [-0.4, -0.2) is 18.5 Å². The Labute approximate surface area is 74.3 Å². The van der Waals surface area contributed by atoms with Gasteiger partial charge in [-0.05, 0) is 25.7 Å². The summed E-state index contributed by atoms with van der Waals surface area (Å²) in [6, 6.07) is 0. The van der Waals surface area contributed by atoms with E-state index in [9.17, 15) is 4.79 Å². The number of hydrogen-bond acceptors (Lipinski definition) is 2. The molecule has 0 spiro atoms.